The fraction of sp³-hybridized carbons (Fsp3) is 1.00. The highest BCUT2D eigenvalue weighted by Gasteiger charge is 2.38. The van der Waals surface area contributed by atoms with Crippen molar-refractivity contribution in [2.45, 2.75) is 37.4 Å². The first-order chi connectivity index (χ1) is 5.19. The molecular formula is C8H16O3. The Kier molecular flexibility index (Phi) is 2.87. The molecule has 0 aromatic heterocycles. The van der Waals surface area contributed by atoms with E-state index in [1.165, 1.54) is 7.11 Å². The molecule has 0 aromatic carbocycles. The van der Waals surface area contributed by atoms with Crippen LogP contribution in [0.15, 0.2) is 0 Å². The van der Waals surface area contributed by atoms with Gasteiger partial charge in [-0.1, -0.05) is 12.8 Å². The van der Waals surface area contributed by atoms with Crippen LogP contribution in [-0.2, 0) is 4.74 Å². The van der Waals surface area contributed by atoms with Gasteiger partial charge in [0.2, 0.25) is 0 Å². The van der Waals surface area contributed by atoms with Crippen molar-refractivity contribution in [1.82, 2.24) is 0 Å². The van der Waals surface area contributed by atoms with Crippen LogP contribution in [0, 0.1) is 0 Å². The van der Waals surface area contributed by atoms with Crippen LogP contribution in [-0.4, -0.2) is 35.6 Å². The average Bonchev–Trinajstić information content (AvgIpc) is 2.38. The fourth-order valence-corrected chi connectivity index (χ4v) is 1.63. The molecule has 0 heterocycles. The Morgan fingerprint density at radius 3 is 2.45 bits per heavy atom. The molecular weight excluding hydrogens is 144 g/mol. The number of aliphatic hydroxyl groups excluding tert-OH is 1. The van der Waals surface area contributed by atoms with E-state index < -0.39 is 11.7 Å². The number of hydrogen-bond donors (Lipinski definition) is 2. The first-order valence-corrected chi connectivity index (χ1v) is 4.08. The second-order valence-corrected chi connectivity index (χ2v) is 3.28. The minimum atomic E-state index is -0.865. The van der Waals surface area contributed by atoms with Gasteiger partial charge in [-0.05, 0) is 12.8 Å². The Labute approximate surface area is 67.0 Å². The highest BCUT2D eigenvalue weighted by Crippen LogP contribution is 2.32. The Morgan fingerprint density at radius 2 is 2.00 bits per heavy atom. The highest BCUT2D eigenvalue weighted by atomic mass is 16.5. The molecule has 1 aliphatic carbocycles. The number of ether oxygens (including phenoxy) is 1. The van der Waals surface area contributed by atoms with Crippen molar-refractivity contribution >= 4 is 0 Å². The van der Waals surface area contributed by atoms with Crippen molar-refractivity contribution in [1.29, 1.82) is 0 Å². The molecule has 1 unspecified atom stereocenters. The van der Waals surface area contributed by atoms with Gasteiger partial charge in [0.15, 0.2) is 0 Å². The van der Waals surface area contributed by atoms with E-state index in [1.54, 1.807) is 0 Å². The molecule has 3 heteroatoms. The van der Waals surface area contributed by atoms with Crippen molar-refractivity contribution in [2.75, 3.05) is 13.7 Å². The molecule has 0 saturated heterocycles. The topological polar surface area (TPSA) is 49.7 Å². The third kappa shape index (κ3) is 1.92. The van der Waals surface area contributed by atoms with Gasteiger partial charge in [-0.2, -0.15) is 0 Å². The van der Waals surface area contributed by atoms with E-state index in [9.17, 15) is 10.2 Å². The molecule has 1 atom stereocenters. The van der Waals surface area contributed by atoms with Gasteiger partial charge in [-0.3, -0.25) is 0 Å². The number of methoxy groups -OCH3 is 1. The second-order valence-electron chi connectivity index (χ2n) is 3.28. The summed E-state index contributed by atoms with van der Waals surface area (Å²) in [5, 5.41) is 19.2. The summed E-state index contributed by atoms with van der Waals surface area (Å²) in [5.74, 6) is 0. The van der Waals surface area contributed by atoms with E-state index in [0.29, 0.717) is 12.8 Å². The summed E-state index contributed by atoms with van der Waals surface area (Å²) in [6.45, 7) is 0.233. The Morgan fingerprint density at radius 1 is 1.45 bits per heavy atom. The van der Waals surface area contributed by atoms with Gasteiger partial charge in [-0.25, -0.2) is 0 Å². The van der Waals surface area contributed by atoms with Crippen molar-refractivity contribution < 1.29 is 14.9 Å². The lowest BCUT2D eigenvalue weighted by Crippen LogP contribution is -2.42. The Balaban J connectivity index is 2.42. The number of rotatable bonds is 3. The second kappa shape index (κ2) is 3.52. The molecule has 1 saturated carbocycles. The van der Waals surface area contributed by atoms with Crippen LogP contribution < -0.4 is 0 Å². The zero-order valence-electron chi connectivity index (χ0n) is 6.92. The monoisotopic (exact) mass is 160 g/mol. The van der Waals surface area contributed by atoms with E-state index in [-0.39, 0.29) is 6.61 Å². The van der Waals surface area contributed by atoms with Crippen LogP contribution in [0.25, 0.3) is 0 Å². The SMILES string of the molecule is COCC(O)C1(O)CCCC1. The van der Waals surface area contributed by atoms with Crippen molar-refractivity contribution in [3.8, 4) is 0 Å². The summed E-state index contributed by atoms with van der Waals surface area (Å²) in [5.41, 5.74) is -0.865. The molecule has 11 heavy (non-hydrogen) atoms. The first kappa shape index (κ1) is 8.97. The standard InChI is InChI=1S/C8H16O3/c1-11-6-7(9)8(10)4-2-3-5-8/h7,9-10H,2-6H2,1H3. The van der Waals surface area contributed by atoms with Gasteiger partial charge in [0.1, 0.15) is 6.10 Å². The van der Waals surface area contributed by atoms with Gasteiger partial charge in [0.05, 0.1) is 12.2 Å². The van der Waals surface area contributed by atoms with Crippen LogP contribution in [0.4, 0.5) is 0 Å². The molecule has 0 aliphatic heterocycles. The summed E-state index contributed by atoms with van der Waals surface area (Å²) in [6, 6.07) is 0. The van der Waals surface area contributed by atoms with E-state index in [2.05, 4.69) is 0 Å². The van der Waals surface area contributed by atoms with Crippen LogP contribution >= 0.6 is 0 Å². The minimum absolute atomic E-state index is 0.233. The highest BCUT2D eigenvalue weighted by molar-refractivity contribution is 4.90. The summed E-state index contributed by atoms with van der Waals surface area (Å²) < 4.78 is 4.77. The zero-order valence-corrected chi connectivity index (χ0v) is 6.92. The van der Waals surface area contributed by atoms with E-state index in [4.69, 9.17) is 4.74 Å². The lowest BCUT2D eigenvalue weighted by molar-refractivity contribution is -0.0962. The van der Waals surface area contributed by atoms with Crippen LogP contribution in [0.5, 0.6) is 0 Å². The molecule has 1 aliphatic rings. The Bertz CT molecular complexity index is 119. The van der Waals surface area contributed by atoms with Crippen LogP contribution in [0.1, 0.15) is 25.7 Å². The van der Waals surface area contributed by atoms with Crippen molar-refractivity contribution in [3.63, 3.8) is 0 Å². The normalized spacial score (nSPS) is 25.4. The molecule has 2 N–H and O–H groups in total. The first-order valence-electron chi connectivity index (χ1n) is 4.08. The van der Waals surface area contributed by atoms with E-state index in [1.807, 2.05) is 0 Å². The molecule has 0 spiro atoms. The van der Waals surface area contributed by atoms with Gasteiger partial charge < -0.3 is 14.9 Å². The Hall–Kier alpha value is -0.120. The van der Waals surface area contributed by atoms with Gasteiger partial charge in [0.25, 0.3) is 0 Å². The number of aliphatic hydroxyl groups is 2. The zero-order chi connectivity index (χ0) is 8.32. The summed E-state index contributed by atoms with van der Waals surface area (Å²) in [7, 11) is 1.53. The summed E-state index contributed by atoms with van der Waals surface area (Å²) >= 11 is 0. The van der Waals surface area contributed by atoms with Crippen LogP contribution in [0.3, 0.4) is 0 Å². The summed E-state index contributed by atoms with van der Waals surface area (Å²) in [6.07, 6.45) is 2.72. The minimum Gasteiger partial charge on any atom is -0.388 e. The predicted molar refractivity (Wildman–Crippen MR) is 41.3 cm³/mol. The lowest BCUT2D eigenvalue weighted by atomic mass is 9.95. The molecule has 66 valence electrons. The van der Waals surface area contributed by atoms with E-state index in [0.717, 1.165) is 12.8 Å². The van der Waals surface area contributed by atoms with Crippen molar-refractivity contribution in [3.05, 3.63) is 0 Å². The largest absolute Gasteiger partial charge is 0.388 e. The van der Waals surface area contributed by atoms with Gasteiger partial charge >= 0.3 is 0 Å². The van der Waals surface area contributed by atoms with E-state index >= 15 is 0 Å². The lowest BCUT2D eigenvalue weighted by Gasteiger charge is -2.27. The molecule has 1 fully saturated rings. The quantitative estimate of drug-likeness (QED) is 0.624. The third-order valence-electron chi connectivity index (χ3n) is 2.41. The van der Waals surface area contributed by atoms with Gasteiger partial charge in [-0.15, -0.1) is 0 Å². The maximum absolute atomic E-state index is 9.76. The van der Waals surface area contributed by atoms with Gasteiger partial charge in [0, 0.05) is 7.11 Å². The predicted octanol–water partition coefficient (Wildman–Crippen LogP) is 0.299. The average molecular weight is 160 g/mol. The third-order valence-corrected chi connectivity index (χ3v) is 2.41. The molecule has 3 nitrogen and oxygen atoms in total. The fourth-order valence-electron chi connectivity index (χ4n) is 1.63. The molecule has 1 rings (SSSR count). The summed E-state index contributed by atoms with van der Waals surface area (Å²) in [4.78, 5) is 0. The maximum atomic E-state index is 9.76. The smallest absolute Gasteiger partial charge is 0.106 e. The molecule has 0 aromatic rings. The van der Waals surface area contributed by atoms with Crippen molar-refractivity contribution in [2.24, 2.45) is 0 Å². The molecule has 0 radical (unpaired) electrons. The molecule has 0 amide bonds. The molecule has 0 bridgehead atoms. The van der Waals surface area contributed by atoms with Crippen LogP contribution in [0.2, 0.25) is 0 Å². The maximum Gasteiger partial charge on any atom is 0.106 e. The number of hydrogen-bond acceptors (Lipinski definition) is 3.